The average Bonchev–Trinajstić information content (AvgIpc) is 2.67. The van der Waals surface area contributed by atoms with E-state index in [1.54, 1.807) is 30.8 Å². The fourth-order valence-electron chi connectivity index (χ4n) is 1.23. The quantitative estimate of drug-likeness (QED) is 0.945. The maximum absolute atomic E-state index is 11.6. The third-order valence-corrected chi connectivity index (χ3v) is 4.05. The van der Waals surface area contributed by atoms with Crippen molar-refractivity contribution in [1.29, 1.82) is 0 Å². The fraction of sp³-hybridized carbons (Fsp3) is 0.200. The van der Waals surface area contributed by atoms with Gasteiger partial charge in [0.1, 0.15) is 0 Å². The Morgan fingerprint density at radius 2 is 2.44 bits per heavy atom. The smallest absolute Gasteiger partial charge is 0.293 e. The van der Waals surface area contributed by atoms with Crippen molar-refractivity contribution in [2.24, 2.45) is 7.05 Å². The molecule has 6 heteroatoms. The fourth-order valence-corrected chi connectivity index (χ4v) is 2.67. The van der Waals surface area contributed by atoms with Gasteiger partial charge in [0.25, 0.3) is 5.56 Å². The van der Waals surface area contributed by atoms with Gasteiger partial charge in [-0.1, -0.05) is 0 Å². The van der Waals surface area contributed by atoms with E-state index in [4.69, 9.17) is 0 Å². The number of aryl methyl sites for hydroxylation is 1. The van der Waals surface area contributed by atoms with Crippen LogP contribution in [0.15, 0.2) is 33.1 Å². The van der Waals surface area contributed by atoms with E-state index in [0.717, 1.165) is 9.35 Å². The number of anilines is 1. The van der Waals surface area contributed by atoms with Crippen LogP contribution in [0.25, 0.3) is 0 Å². The number of halogens is 1. The van der Waals surface area contributed by atoms with Gasteiger partial charge in [-0.05, 0) is 27.4 Å². The molecule has 1 N–H and O–H groups in total. The van der Waals surface area contributed by atoms with Crippen molar-refractivity contribution in [3.05, 3.63) is 43.5 Å². The van der Waals surface area contributed by atoms with E-state index in [1.807, 2.05) is 11.4 Å². The van der Waals surface area contributed by atoms with Gasteiger partial charge in [0.15, 0.2) is 5.82 Å². The number of nitrogens with one attached hydrogen (secondary N) is 1. The molecule has 4 nitrogen and oxygen atoms in total. The highest BCUT2D eigenvalue weighted by Crippen LogP contribution is 2.22. The second-order valence-corrected chi connectivity index (χ2v) is 5.09. The van der Waals surface area contributed by atoms with Crippen LogP contribution in [0.3, 0.4) is 0 Å². The summed E-state index contributed by atoms with van der Waals surface area (Å²) in [7, 11) is 1.70. The van der Waals surface area contributed by atoms with Crippen LogP contribution in [0, 0.1) is 0 Å². The lowest BCUT2D eigenvalue weighted by Gasteiger charge is -2.04. The number of hydrogen-bond donors (Lipinski definition) is 1. The standard InChI is InChI=1S/C10H10BrN3OS/c1-14-4-3-12-9(10(14)15)13-6-8-7(11)2-5-16-8/h2-5H,6H2,1H3,(H,12,13). The Balaban J connectivity index is 2.14. The van der Waals surface area contributed by atoms with Crippen LogP contribution in [0.2, 0.25) is 0 Å². The largest absolute Gasteiger partial charge is 0.361 e. The van der Waals surface area contributed by atoms with Crippen molar-refractivity contribution in [3.63, 3.8) is 0 Å². The van der Waals surface area contributed by atoms with Crippen LogP contribution < -0.4 is 10.9 Å². The van der Waals surface area contributed by atoms with Gasteiger partial charge in [-0.15, -0.1) is 11.3 Å². The molecule has 2 aromatic rings. The minimum atomic E-state index is -0.116. The Morgan fingerprint density at radius 3 is 3.12 bits per heavy atom. The Bertz CT molecular complexity index is 549. The second kappa shape index (κ2) is 4.80. The molecule has 0 aliphatic rings. The number of thiophene rings is 1. The molecule has 0 aromatic carbocycles. The van der Waals surface area contributed by atoms with E-state index in [2.05, 4.69) is 26.2 Å². The number of rotatable bonds is 3. The van der Waals surface area contributed by atoms with E-state index in [-0.39, 0.29) is 5.56 Å². The summed E-state index contributed by atoms with van der Waals surface area (Å²) in [5, 5.41) is 5.03. The molecule has 0 radical (unpaired) electrons. The normalized spacial score (nSPS) is 10.4. The van der Waals surface area contributed by atoms with E-state index >= 15 is 0 Å². The van der Waals surface area contributed by atoms with Crippen LogP contribution in [-0.4, -0.2) is 9.55 Å². The minimum Gasteiger partial charge on any atom is -0.361 e. The lowest BCUT2D eigenvalue weighted by Crippen LogP contribution is -2.21. The highest BCUT2D eigenvalue weighted by molar-refractivity contribution is 9.10. The molecule has 0 unspecified atom stereocenters. The Morgan fingerprint density at radius 1 is 1.62 bits per heavy atom. The van der Waals surface area contributed by atoms with Gasteiger partial charge in [-0.2, -0.15) is 0 Å². The van der Waals surface area contributed by atoms with Gasteiger partial charge in [0, 0.05) is 28.8 Å². The average molecular weight is 300 g/mol. The molecule has 0 spiro atoms. The third-order valence-electron chi connectivity index (χ3n) is 2.12. The maximum Gasteiger partial charge on any atom is 0.293 e. The lowest BCUT2D eigenvalue weighted by atomic mass is 10.4. The first-order chi connectivity index (χ1) is 7.68. The summed E-state index contributed by atoms with van der Waals surface area (Å²) >= 11 is 5.07. The molecule has 84 valence electrons. The molecule has 0 atom stereocenters. The zero-order chi connectivity index (χ0) is 11.5. The molecular formula is C10H10BrN3OS. The SMILES string of the molecule is Cn1ccnc(NCc2sccc2Br)c1=O. The second-order valence-electron chi connectivity index (χ2n) is 3.24. The first-order valence-electron chi connectivity index (χ1n) is 4.66. The van der Waals surface area contributed by atoms with Crippen LogP contribution in [-0.2, 0) is 13.6 Å². The summed E-state index contributed by atoms with van der Waals surface area (Å²) in [5.41, 5.74) is -0.116. The van der Waals surface area contributed by atoms with Crippen molar-refractivity contribution in [2.75, 3.05) is 5.32 Å². The summed E-state index contributed by atoms with van der Waals surface area (Å²) in [6.45, 7) is 0.602. The summed E-state index contributed by atoms with van der Waals surface area (Å²) < 4.78 is 2.55. The first kappa shape index (κ1) is 11.3. The lowest BCUT2D eigenvalue weighted by molar-refractivity contribution is 0.839. The molecule has 0 amide bonds. The summed E-state index contributed by atoms with van der Waals surface area (Å²) in [6.07, 6.45) is 3.24. The van der Waals surface area contributed by atoms with Crippen LogP contribution in [0.5, 0.6) is 0 Å². The number of aromatic nitrogens is 2. The Labute approximate surface area is 105 Å². The molecule has 16 heavy (non-hydrogen) atoms. The first-order valence-corrected chi connectivity index (χ1v) is 6.33. The molecule has 0 saturated carbocycles. The molecule has 2 rings (SSSR count). The third kappa shape index (κ3) is 2.33. The van der Waals surface area contributed by atoms with Crippen molar-refractivity contribution in [2.45, 2.75) is 6.54 Å². The molecule has 0 fully saturated rings. The number of nitrogens with zero attached hydrogens (tertiary/aromatic N) is 2. The summed E-state index contributed by atoms with van der Waals surface area (Å²) in [5.74, 6) is 0.380. The Kier molecular flexibility index (Phi) is 3.40. The minimum absolute atomic E-state index is 0.116. The topological polar surface area (TPSA) is 46.9 Å². The van der Waals surface area contributed by atoms with E-state index in [9.17, 15) is 4.79 Å². The summed E-state index contributed by atoms with van der Waals surface area (Å²) in [6, 6.07) is 1.98. The highest BCUT2D eigenvalue weighted by atomic mass is 79.9. The van der Waals surface area contributed by atoms with Gasteiger partial charge in [0.2, 0.25) is 0 Å². The van der Waals surface area contributed by atoms with Crippen LogP contribution >= 0.6 is 27.3 Å². The molecule has 2 aromatic heterocycles. The van der Waals surface area contributed by atoms with Crippen molar-refractivity contribution >= 4 is 33.1 Å². The summed E-state index contributed by atoms with van der Waals surface area (Å²) in [4.78, 5) is 16.8. The maximum atomic E-state index is 11.6. The van der Waals surface area contributed by atoms with E-state index in [1.165, 1.54) is 4.57 Å². The van der Waals surface area contributed by atoms with Gasteiger partial charge >= 0.3 is 0 Å². The van der Waals surface area contributed by atoms with Crippen molar-refractivity contribution < 1.29 is 0 Å². The molecular weight excluding hydrogens is 290 g/mol. The van der Waals surface area contributed by atoms with Gasteiger partial charge in [-0.3, -0.25) is 4.79 Å². The van der Waals surface area contributed by atoms with Crippen LogP contribution in [0.4, 0.5) is 5.82 Å². The highest BCUT2D eigenvalue weighted by Gasteiger charge is 2.04. The predicted molar refractivity (Wildman–Crippen MR) is 68.8 cm³/mol. The number of hydrogen-bond acceptors (Lipinski definition) is 4. The zero-order valence-corrected chi connectivity index (χ0v) is 11.0. The monoisotopic (exact) mass is 299 g/mol. The van der Waals surface area contributed by atoms with Gasteiger partial charge in [-0.25, -0.2) is 4.98 Å². The predicted octanol–water partition coefficient (Wildman–Crippen LogP) is 2.22. The van der Waals surface area contributed by atoms with Gasteiger partial charge in [0.05, 0.1) is 6.54 Å². The van der Waals surface area contributed by atoms with E-state index < -0.39 is 0 Å². The molecule has 0 aliphatic heterocycles. The molecule has 0 saturated heterocycles. The Hall–Kier alpha value is -1.14. The van der Waals surface area contributed by atoms with Crippen LogP contribution in [0.1, 0.15) is 4.88 Å². The van der Waals surface area contributed by atoms with Crippen molar-refractivity contribution in [1.82, 2.24) is 9.55 Å². The zero-order valence-electron chi connectivity index (χ0n) is 8.61. The van der Waals surface area contributed by atoms with E-state index in [0.29, 0.717) is 12.4 Å². The molecule has 0 aliphatic carbocycles. The molecule has 2 heterocycles. The van der Waals surface area contributed by atoms with Gasteiger partial charge < -0.3 is 9.88 Å². The molecule has 0 bridgehead atoms. The van der Waals surface area contributed by atoms with Crippen molar-refractivity contribution in [3.8, 4) is 0 Å².